The topological polar surface area (TPSA) is 93.9 Å². The van der Waals surface area contributed by atoms with E-state index in [9.17, 15) is 9.59 Å². The number of urea groups is 1. The van der Waals surface area contributed by atoms with Crippen LogP contribution in [0, 0.1) is 5.92 Å². The van der Waals surface area contributed by atoms with Crippen LogP contribution in [0.5, 0.6) is 11.5 Å². The lowest BCUT2D eigenvalue weighted by Crippen LogP contribution is -2.48. The van der Waals surface area contributed by atoms with Crippen LogP contribution in [-0.2, 0) is 10.2 Å². The standard InChI is InChI=1S/C18H25N3O4/c1-18(2,13-5-6-14-15(8-13)25-11-24-14)10-20-16(22)12-4-3-7-21(9-12)17(19)23/h5-6,8,12H,3-4,7,9-11H2,1-2H3,(H2,19,23)(H,20,22)/t12-/m1/s1. The molecule has 0 radical (unpaired) electrons. The molecule has 0 bridgehead atoms. The monoisotopic (exact) mass is 347 g/mol. The number of primary amides is 1. The highest BCUT2D eigenvalue weighted by Crippen LogP contribution is 2.36. The van der Waals surface area contributed by atoms with Gasteiger partial charge in [-0.15, -0.1) is 0 Å². The van der Waals surface area contributed by atoms with Gasteiger partial charge in [-0.3, -0.25) is 4.79 Å². The molecule has 7 heteroatoms. The van der Waals surface area contributed by atoms with E-state index in [-0.39, 0.29) is 24.0 Å². The molecule has 3 amide bonds. The van der Waals surface area contributed by atoms with Crippen LogP contribution in [0.3, 0.4) is 0 Å². The highest BCUT2D eigenvalue weighted by atomic mass is 16.7. The van der Waals surface area contributed by atoms with Crippen LogP contribution in [0.4, 0.5) is 4.79 Å². The summed E-state index contributed by atoms with van der Waals surface area (Å²) in [6.45, 7) is 5.91. The number of rotatable bonds is 4. The van der Waals surface area contributed by atoms with Crippen molar-refractivity contribution in [3.8, 4) is 11.5 Å². The van der Waals surface area contributed by atoms with Crippen LogP contribution in [0.2, 0.25) is 0 Å². The van der Waals surface area contributed by atoms with Gasteiger partial charge in [-0.25, -0.2) is 4.79 Å². The van der Waals surface area contributed by atoms with E-state index in [1.165, 1.54) is 4.90 Å². The second-order valence-electron chi connectivity index (χ2n) is 7.29. The van der Waals surface area contributed by atoms with Gasteiger partial charge in [0, 0.05) is 25.0 Å². The van der Waals surface area contributed by atoms with Crippen molar-refractivity contribution in [2.24, 2.45) is 11.7 Å². The molecule has 3 rings (SSSR count). The molecule has 0 spiro atoms. The summed E-state index contributed by atoms with van der Waals surface area (Å²) in [5, 5.41) is 3.03. The Morgan fingerprint density at radius 1 is 1.32 bits per heavy atom. The summed E-state index contributed by atoms with van der Waals surface area (Å²) in [5.74, 6) is 1.26. The van der Waals surface area contributed by atoms with Crippen LogP contribution in [-0.4, -0.2) is 43.3 Å². The molecule has 1 aromatic rings. The van der Waals surface area contributed by atoms with Gasteiger partial charge in [0.05, 0.1) is 5.92 Å². The first-order chi connectivity index (χ1) is 11.9. The zero-order chi connectivity index (χ0) is 18.0. The van der Waals surface area contributed by atoms with E-state index in [0.29, 0.717) is 19.6 Å². The van der Waals surface area contributed by atoms with Crippen LogP contribution in [0.15, 0.2) is 18.2 Å². The summed E-state index contributed by atoms with van der Waals surface area (Å²) < 4.78 is 10.8. The van der Waals surface area contributed by atoms with Crippen molar-refractivity contribution in [3.05, 3.63) is 23.8 Å². The van der Waals surface area contributed by atoms with E-state index in [4.69, 9.17) is 15.2 Å². The number of benzene rings is 1. The number of likely N-dealkylation sites (tertiary alicyclic amines) is 1. The summed E-state index contributed by atoms with van der Waals surface area (Å²) in [6.07, 6.45) is 1.58. The molecule has 7 nitrogen and oxygen atoms in total. The molecule has 1 saturated heterocycles. The highest BCUT2D eigenvalue weighted by Gasteiger charge is 2.30. The molecule has 3 N–H and O–H groups in total. The molecule has 1 aromatic carbocycles. The Morgan fingerprint density at radius 3 is 2.84 bits per heavy atom. The van der Waals surface area contributed by atoms with Crippen LogP contribution >= 0.6 is 0 Å². The van der Waals surface area contributed by atoms with E-state index in [1.54, 1.807) is 0 Å². The number of carbonyl (C=O) groups is 2. The van der Waals surface area contributed by atoms with E-state index < -0.39 is 6.03 Å². The minimum atomic E-state index is -0.460. The molecule has 2 aliphatic heterocycles. The number of hydrogen-bond donors (Lipinski definition) is 2. The summed E-state index contributed by atoms with van der Waals surface area (Å²) in [5.41, 5.74) is 6.14. The first-order valence-corrected chi connectivity index (χ1v) is 8.59. The van der Waals surface area contributed by atoms with E-state index in [2.05, 4.69) is 19.2 Å². The predicted octanol–water partition coefficient (Wildman–Crippen LogP) is 1.60. The Labute approximate surface area is 147 Å². The van der Waals surface area contributed by atoms with Gasteiger partial charge < -0.3 is 25.4 Å². The van der Waals surface area contributed by atoms with Crippen LogP contribution in [0.1, 0.15) is 32.3 Å². The second kappa shape index (κ2) is 6.82. The summed E-state index contributed by atoms with van der Waals surface area (Å²) in [4.78, 5) is 25.3. The smallest absolute Gasteiger partial charge is 0.314 e. The first kappa shape index (κ1) is 17.4. The van der Waals surface area contributed by atoms with Crippen molar-refractivity contribution in [2.45, 2.75) is 32.1 Å². The highest BCUT2D eigenvalue weighted by molar-refractivity contribution is 5.80. The van der Waals surface area contributed by atoms with E-state index in [1.807, 2.05) is 18.2 Å². The lowest BCUT2D eigenvalue weighted by atomic mass is 9.84. The number of fused-ring (bicyclic) bond motifs is 1. The molecule has 0 saturated carbocycles. The molecule has 25 heavy (non-hydrogen) atoms. The first-order valence-electron chi connectivity index (χ1n) is 8.59. The van der Waals surface area contributed by atoms with Crippen LogP contribution in [0.25, 0.3) is 0 Å². The van der Waals surface area contributed by atoms with Gasteiger partial charge in [0.25, 0.3) is 0 Å². The van der Waals surface area contributed by atoms with Gasteiger partial charge in [0.15, 0.2) is 11.5 Å². The Bertz CT molecular complexity index is 674. The molecule has 2 heterocycles. The molecule has 1 fully saturated rings. The largest absolute Gasteiger partial charge is 0.454 e. The predicted molar refractivity (Wildman–Crippen MR) is 92.5 cm³/mol. The number of ether oxygens (including phenoxy) is 2. The summed E-state index contributed by atoms with van der Waals surface area (Å²) in [7, 11) is 0. The molecule has 0 aliphatic carbocycles. The second-order valence-corrected chi connectivity index (χ2v) is 7.29. The average Bonchev–Trinajstić information content (AvgIpc) is 3.07. The number of piperidine rings is 1. The SMILES string of the molecule is CC(C)(CNC(=O)[C@@H]1CCCN(C(N)=O)C1)c1ccc2c(c1)OCO2. The Morgan fingerprint density at radius 2 is 2.08 bits per heavy atom. The van der Waals surface area contributed by atoms with Gasteiger partial charge in [0.1, 0.15) is 0 Å². The third kappa shape index (κ3) is 3.81. The minimum Gasteiger partial charge on any atom is -0.454 e. The quantitative estimate of drug-likeness (QED) is 0.865. The lowest BCUT2D eigenvalue weighted by Gasteiger charge is -2.32. The summed E-state index contributed by atoms with van der Waals surface area (Å²) >= 11 is 0. The number of nitrogens with zero attached hydrogens (tertiary/aromatic N) is 1. The minimum absolute atomic E-state index is 0.0280. The molecule has 2 aliphatic rings. The molecule has 0 unspecified atom stereocenters. The van der Waals surface area contributed by atoms with Crippen molar-refractivity contribution in [3.63, 3.8) is 0 Å². The molecular formula is C18H25N3O4. The Balaban J connectivity index is 1.60. The van der Waals surface area contributed by atoms with E-state index in [0.717, 1.165) is 29.9 Å². The maximum Gasteiger partial charge on any atom is 0.314 e. The third-order valence-corrected chi connectivity index (χ3v) is 4.96. The Hall–Kier alpha value is -2.44. The number of nitrogens with two attached hydrogens (primary N) is 1. The molecular weight excluding hydrogens is 322 g/mol. The Kier molecular flexibility index (Phi) is 4.74. The number of hydrogen-bond acceptors (Lipinski definition) is 4. The van der Waals surface area contributed by atoms with Crippen molar-refractivity contribution in [1.82, 2.24) is 10.2 Å². The summed E-state index contributed by atoms with van der Waals surface area (Å²) in [6, 6.07) is 5.39. The van der Waals surface area contributed by atoms with Gasteiger partial charge >= 0.3 is 6.03 Å². The molecule has 0 aromatic heterocycles. The van der Waals surface area contributed by atoms with Gasteiger partial charge in [-0.1, -0.05) is 19.9 Å². The van der Waals surface area contributed by atoms with Gasteiger partial charge in [-0.05, 0) is 30.5 Å². The molecule has 1 atom stereocenters. The number of nitrogens with one attached hydrogen (secondary N) is 1. The maximum absolute atomic E-state index is 12.5. The van der Waals surface area contributed by atoms with Crippen molar-refractivity contribution < 1.29 is 19.1 Å². The van der Waals surface area contributed by atoms with Gasteiger partial charge in [-0.2, -0.15) is 0 Å². The van der Waals surface area contributed by atoms with Crippen LogP contribution < -0.4 is 20.5 Å². The zero-order valence-electron chi connectivity index (χ0n) is 14.7. The fraction of sp³-hybridized carbons (Fsp3) is 0.556. The maximum atomic E-state index is 12.5. The fourth-order valence-electron chi connectivity index (χ4n) is 3.26. The normalized spacial score (nSPS) is 19.6. The van der Waals surface area contributed by atoms with Crippen molar-refractivity contribution in [2.75, 3.05) is 26.4 Å². The van der Waals surface area contributed by atoms with Crippen molar-refractivity contribution >= 4 is 11.9 Å². The molecule has 136 valence electrons. The third-order valence-electron chi connectivity index (χ3n) is 4.96. The number of carbonyl (C=O) groups excluding carboxylic acids is 2. The zero-order valence-corrected chi connectivity index (χ0v) is 14.7. The lowest BCUT2D eigenvalue weighted by molar-refractivity contribution is -0.126. The number of amides is 3. The average molecular weight is 347 g/mol. The fourth-order valence-corrected chi connectivity index (χ4v) is 3.26. The van der Waals surface area contributed by atoms with Crippen molar-refractivity contribution in [1.29, 1.82) is 0 Å². The van der Waals surface area contributed by atoms with E-state index >= 15 is 0 Å². The van der Waals surface area contributed by atoms with Gasteiger partial charge in [0.2, 0.25) is 12.7 Å².